The molecule has 2 aromatic rings. The van der Waals surface area contributed by atoms with Crippen LogP contribution in [0.3, 0.4) is 0 Å². The van der Waals surface area contributed by atoms with Crippen molar-refractivity contribution in [1.82, 2.24) is 15.5 Å². The first kappa shape index (κ1) is 21.9. The van der Waals surface area contributed by atoms with E-state index in [9.17, 15) is 4.79 Å². The van der Waals surface area contributed by atoms with Gasteiger partial charge in [0.25, 0.3) is 0 Å². The van der Waals surface area contributed by atoms with Crippen LogP contribution in [0.5, 0.6) is 0 Å². The molecular formula is C25H34N4O. The van der Waals surface area contributed by atoms with Gasteiger partial charge in [-0.1, -0.05) is 67.4 Å². The lowest BCUT2D eigenvalue weighted by molar-refractivity contribution is -0.128. The van der Waals surface area contributed by atoms with Crippen LogP contribution in [0.25, 0.3) is 0 Å². The Kier molecular flexibility index (Phi) is 8.30. The lowest BCUT2D eigenvalue weighted by atomic mass is 10.1. The van der Waals surface area contributed by atoms with Crippen molar-refractivity contribution in [3.63, 3.8) is 0 Å². The summed E-state index contributed by atoms with van der Waals surface area (Å²) in [5, 5.41) is 6.89. The molecule has 2 N–H and O–H groups in total. The van der Waals surface area contributed by atoms with E-state index in [0.717, 1.165) is 50.4 Å². The lowest BCUT2D eigenvalue weighted by Gasteiger charge is -2.16. The number of carbonyl (C=O) groups excluding carboxylic acids is 1. The molecule has 1 aliphatic heterocycles. The summed E-state index contributed by atoms with van der Waals surface area (Å²) in [5.41, 5.74) is 4.84. The topological polar surface area (TPSA) is 56.7 Å². The molecule has 5 heteroatoms. The largest absolute Gasteiger partial charge is 0.356 e. The molecule has 0 saturated carbocycles. The van der Waals surface area contributed by atoms with Crippen molar-refractivity contribution >= 4 is 11.9 Å². The zero-order chi connectivity index (χ0) is 21.2. The second-order valence-corrected chi connectivity index (χ2v) is 8.02. The Balaban J connectivity index is 1.61. The van der Waals surface area contributed by atoms with Gasteiger partial charge in [-0.25, -0.2) is 4.99 Å². The van der Waals surface area contributed by atoms with Crippen molar-refractivity contribution < 1.29 is 4.79 Å². The number of carbonyl (C=O) groups is 1. The van der Waals surface area contributed by atoms with Gasteiger partial charge in [-0.15, -0.1) is 0 Å². The average Bonchev–Trinajstić information content (AvgIpc) is 3.15. The van der Waals surface area contributed by atoms with Gasteiger partial charge in [-0.2, -0.15) is 0 Å². The minimum absolute atomic E-state index is 0.265. The number of nitrogens with zero attached hydrogens (tertiary/aromatic N) is 2. The molecule has 1 aliphatic rings. The van der Waals surface area contributed by atoms with Crippen LogP contribution in [-0.4, -0.2) is 29.9 Å². The van der Waals surface area contributed by atoms with Gasteiger partial charge in [0.05, 0.1) is 6.54 Å². The Bertz CT molecular complexity index is 844. The average molecular weight is 407 g/mol. The van der Waals surface area contributed by atoms with E-state index in [0.29, 0.717) is 19.5 Å². The molecule has 1 amide bonds. The Hall–Kier alpha value is -2.82. The van der Waals surface area contributed by atoms with E-state index < -0.39 is 0 Å². The molecule has 1 saturated heterocycles. The molecule has 1 heterocycles. The minimum Gasteiger partial charge on any atom is -0.356 e. The van der Waals surface area contributed by atoms with E-state index in [1.54, 1.807) is 0 Å². The van der Waals surface area contributed by atoms with Crippen molar-refractivity contribution in [3.05, 3.63) is 70.8 Å². The van der Waals surface area contributed by atoms with Crippen molar-refractivity contribution in [2.45, 2.75) is 59.2 Å². The van der Waals surface area contributed by atoms with Crippen LogP contribution < -0.4 is 10.6 Å². The summed E-state index contributed by atoms with van der Waals surface area (Å²) in [5.74, 6) is 1.10. The highest BCUT2D eigenvalue weighted by Gasteiger charge is 2.19. The van der Waals surface area contributed by atoms with Crippen LogP contribution in [0, 0.1) is 6.92 Å². The molecule has 0 atom stereocenters. The zero-order valence-electron chi connectivity index (χ0n) is 18.3. The highest BCUT2D eigenvalue weighted by molar-refractivity contribution is 5.79. The second kappa shape index (κ2) is 11.4. The molecule has 0 bridgehead atoms. The quantitative estimate of drug-likeness (QED) is 0.374. The molecule has 0 aliphatic carbocycles. The first-order valence-corrected chi connectivity index (χ1v) is 11.1. The summed E-state index contributed by atoms with van der Waals surface area (Å²) in [7, 11) is 0. The number of benzene rings is 2. The Morgan fingerprint density at radius 2 is 1.87 bits per heavy atom. The van der Waals surface area contributed by atoms with Crippen molar-refractivity contribution in [3.8, 4) is 0 Å². The number of hydrogen-bond acceptors (Lipinski definition) is 2. The fraction of sp³-hybridized carbons (Fsp3) is 0.440. The first-order chi connectivity index (χ1) is 14.6. The standard InChI is InChI=1S/C25H34N4O/c1-3-4-14-26-25(27-17-21-12-10-20(2)11-13-21)28-18-22-7-5-8-23(16-22)19-29-15-6-9-24(29)30/h5,7-8,10-13,16H,3-4,6,9,14-15,17-19H2,1-2H3,(H2,26,27,28). The Morgan fingerprint density at radius 1 is 1.07 bits per heavy atom. The molecule has 0 radical (unpaired) electrons. The smallest absolute Gasteiger partial charge is 0.222 e. The number of nitrogens with one attached hydrogen (secondary N) is 2. The number of amides is 1. The molecule has 0 aromatic heterocycles. The maximum Gasteiger partial charge on any atom is 0.222 e. The van der Waals surface area contributed by atoms with Gasteiger partial charge in [0.1, 0.15) is 0 Å². The summed E-state index contributed by atoms with van der Waals surface area (Å²) >= 11 is 0. The van der Waals surface area contributed by atoms with Gasteiger partial charge >= 0.3 is 0 Å². The number of hydrogen-bond donors (Lipinski definition) is 2. The van der Waals surface area contributed by atoms with Gasteiger partial charge < -0.3 is 15.5 Å². The number of rotatable bonds is 9. The highest BCUT2D eigenvalue weighted by Crippen LogP contribution is 2.15. The number of aryl methyl sites for hydroxylation is 1. The van der Waals surface area contributed by atoms with E-state index in [2.05, 4.69) is 73.0 Å². The maximum atomic E-state index is 11.9. The molecular weight excluding hydrogens is 372 g/mol. The number of aliphatic imine (C=N–C) groups is 1. The van der Waals surface area contributed by atoms with Crippen LogP contribution in [0.4, 0.5) is 0 Å². The predicted octanol–water partition coefficient (Wildman–Crippen LogP) is 4.15. The third-order valence-electron chi connectivity index (χ3n) is 5.36. The van der Waals surface area contributed by atoms with E-state index in [-0.39, 0.29) is 5.91 Å². The summed E-state index contributed by atoms with van der Waals surface area (Å²) in [4.78, 5) is 18.6. The van der Waals surface area contributed by atoms with Gasteiger partial charge in [0, 0.05) is 32.6 Å². The molecule has 5 nitrogen and oxygen atoms in total. The van der Waals surface area contributed by atoms with Crippen molar-refractivity contribution in [2.75, 3.05) is 13.1 Å². The first-order valence-electron chi connectivity index (χ1n) is 11.1. The Labute approximate surface area is 180 Å². The number of unbranched alkanes of at least 4 members (excludes halogenated alkanes) is 1. The van der Waals surface area contributed by atoms with Crippen LogP contribution in [-0.2, 0) is 24.4 Å². The molecule has 30 heavy (non-hydrogen) atoms. The van der Waals surface area contributed by atoms with Crippen LogP contribution in [0.1, 0.15) is 54.9 Å². The van der Waals surface area contributed by atoms with Gasteiger partial charge in [0.15, 0.2) is 5.96 Å². The lowest BCUT2D eigenvalue weighted by Crippen LogP contribution is -2.37. The predicted molar refractivity (Wildman–Crippen MR) is 123 cm³/mol. The Morgan fingerprint density at radius 3 is 2.60 bits per heavy atom. The van der Waals surface area contributed by atoms with E-state index in [1.807, 2.05) is 4.90 Å². The van der Waals surface area contributed by atoms with Crippen molar-refractivity contribution in [1.29, 1.82) is 0 Å². The van der Waals surface area contributed by atoms with Crippen LogP contribution in [0.2, 0.25) is 0 Å². The van der Waals surface area contributed by atoms with Crippen LogP contribution in [0.15, 0.2) is 53.5 Å². The maximum absolute atomic E-state index is 11.9. The second-order valence-electron chi connectivity index (χ2n) is 8.02. The minimum atomic E-state index is 0.265. The summed E-state index contributed by atoms with van der Waals surface area (Å²) in [6, 6.07) is 17.0. The number of guanidine groups is 1. The SMILES string of the molecule is CCCCNC(=NCc1cccc(CN2CCCC2=O)c1)NCc1ccc(C)cc1. The summed E-state index contributed by atoms with van der Waals surface area (Å²) in [6.07, 6.45) is 3.92. The third-order valence-corrected chi connectivity index (χ3v) is 5.36. The third kappa shape index (κ3) is 6.90. The fourth-order valence-corrected chi connectivity index (χ4v) is 3.54. The van der Waals surface area contributed by atoms with E-state index >= 15 is 0 Å². The molecule has 0 spiro atoms. The summed E-state index contributed by atoms with van der Waals surface area (Å²) < 4.78 is 0. The monoisotopic (exact) mass is 406 g/mol. The van der Waals surface area contributed by atoms with Crippen molar-refractivity contribution in [2.24, 2.45) is 4.99 Å². The molecule has 1 fully saturated rings. The van der Waals surface area contributed by atoms with E-state index in [4.69, 9.17) is 4.99 Å². The van der Waals surface area contributed by atoms with Gasteiger partial charge in [-0.05, 0) is 36.5 Å². The zero-order valence-corrected chi connectivity index (χ0v) is 18.3. The fourth-order valence-electron chi connectivity index (χ4n) is 3.54. The number of likely N-dealkylation sites (tertiary alicyclic amines) is 1. The van der Waals surface area contributed by atoms with Crippen LogP contribution >= 0.6 is 0 Å². The molecule has 0 unspecified atom stereocenters. The van der Waals surface area contributed by atoms with E-state index in [1.165, 1.54) is 16.7 Å². The van der Waals surface area contributed by atoms with Gasteiger partial charge in [0.2, 0.25) is 5.91 Å². The summed E-state index contributed by atoms with van der Waals surface area (Å²) in [6.45, 7) is 8.12. The molecule has 3 rings (SSSR count). The van der Waals surface area contributed by atoms with Gasteiger partial charge in [-0.3, -0.25) is 4.79 Å². The highest BCUT2D eigenvalue weighted by atomic mass is 16.2. The normalized spacial score (nSPS) is 14.3. The molecule has 2 aromatic carbocycles. The molecule has 160 valence electrons.